The fourth-order valence-corrected chi connectivity index (χ4v) is 1.08. The van der Waals surface area contributed by atoms with Crippen molar-refractivity contribution in [3.05, 3.63) is 12.2 Å². The number of carbonyl (C=O) groups excluding carboxylic acids is 1. The highest BCUT2D eigenvalue weighted by Crippen LogP contribution is 2.05. The highest BCUT2D eigenvalue weighted by atomic mass is 35.5. The van der Waals surface area contributed by atoms with E-state index in [1.54, 1.807) is 0 Å². The van der Waals surface area contributed by atoms with Gasteiger partial charge in [0, 0.05) is 23.8 Å². The van der Waals surface area contributed by atoms with E-state index < -0.39 is 0 Å². The fourth-order valence-electron chi connectivity index (χ4n) is 0.947. The lowest BCUT2D eigenvalue weighted by Crippen LogP contribution is -2.35. The standard InChI is InChI=1S/C9H17ClN2O/c1-8(9(13)11-10)6-5-7-12(2,3)4/h1,5-7H2,2-4H3/p+1. The summed E-state index contributed by atoms with van der Waals surface area (Å²) in [4.78, 5) is 13.0. The largest absolute Gasteiger partial charge is 0.331 e. The predicted molar refractivity (Wildman–Crippen MR) is 55.3 cm³/mol. The number of nitrogens with zero attached hydrogens (tertiary/aromatic N) is 1. The van der Waals surface area contributed by atoms with Gasteiger partial charge in [-0.05, 0) is 6.42 Å². The maximum absolute atomic E-state index is 10.9. The molecule has 0 aliphatic carbocycles. The molecule has 0 heterocycles. The Kier molecular flexibility index (Phi) is 5.03. The van der Waals surface area contributed by atoms with Gasteiger partial charge in [-0.1, -0.05) is 6.58 Å². The lowest BCUT2D eigenvalue weighted by molar-refractivity contribution is -0.870. The van der Waals surface area contributed by atoms with E-state index in [0.717, 1.165) is 17.4 Å². The number of hydrogen-bond acceptors (Lipinski definition) is 1. The van der Waals surface area contributed by atoms with Crippen LogP contribution in [-0.2, 0) is 4.79 Å². The van der Waals surface area contributed by atoms with Crippen molar-refractivity contribution in [2.45, 2.75) is 12.8 Å². The van der Waals surface area contributed by atoms with Crippen molar-refractivity contribution in [1.82, 2.24) is 4.84 Å². The summed E-state index contributed by atoms with van der Waals surface area (Å²) in [7, 11) is 6.35. The van der Waals surface area contributed by atoms with Crippen molar-refractivity contribution in [2.24, 2.45) is 0 Å². The van der Waals surface area contributed by atoms with Gasteiger partial charge in [-0.25, -0.2) is 0 Å². The lowest BCUT2D eigenvalue weighted by Gasteiger charge is -2.23. The van der Waals surface area contributed by atoms with E-state index in [-0.39, 0.29) is 5.91 Å². The maximum atomic E-state index is 10.9. The molecule has 0 aromatic rings. The maximum Gasteiger partial charge on any atom is 0.260 e. The van der Waals surface area contributed by atoms with Crippen LogP contribution in [0.3, 0.4) is 0 Å². The minimum Gasteiger partial charge on any atom is -0.331 e. The van der Waals surface area contributed by atoms with Crippen molar-refractivity contribution >= 4 is 17.7 Å². The molecular weight excluding hydrogens is 188 g/mol. The van der Waals surface area contributed by atoms with Gasteiger partial charge in [0.05, 0.1) is 27.7 Å². The molecule has 0 rings (SSSR count). The minimum absolute atomic E-state index is 0.275. The number of amides is 1. The Morgan fingerprint density at radius 1 is 1.46 bits per heavy atom. The first-order valence-corrected chi connectivity index (χ1v) is 4.64. The first kappa shape index (κ1) is 12.5. The molecule has 1 amide bonds. The van der Waals surface area contributed by atoms with Gasteiger partial charge in [-0.15, -0.1) is 0 Å². The summed E-state index contributed by atoms with van der Waals surface area (Å²) in [5.41, 5.74) is 0.545. The van der Waals surface area contributed by atoms with E-state index >= 15 is 0 Å². The number of halogens is 1. The summed E-state index contributed by atoms with van der Waals surface area (Å²) in [6.45, 7) is 4.66. The monoisotopic (exact) mass is 205 g/mol. The molecule has 13 heavy (non-hydrogen) atoms. The third-order valence-corrected chi connectivity index (χ3v) is 1.89. The highest BCUT2D eigenvalue weighted by Gasteiger charge is 2.09. The van der Waals surface area contributed by atoms with Gasteiger partial charge in [-0.2, -0.15) is 0 Å². The van der Waals surface area contributed by atoms with Crippen molar-refractivity contribution in [1.29, 1.82) is 0 Å². The zero-order chi connectivity index (χ0) is 10.5. The lowest BCUT2D eigenvalue weighted by atomic mass is 10.1. The summed E-state index contributed by atoms with van der Waals surface area (Å²) >= 11 is 5.15. The van der Waals surface area contributed by atoms with E-state index in [1.165, 1.54) is 0 Å². The second-order valence-corrected chi connectivity index (χ2v) is 4.33. The van der Waals surface area contributed by atoms with E-state index in [2.05, 4.69) is 27.7 Å². The Labute approximate surface area is 85.1 Å². The number of quaternary nitrogens is 1. The molecule has 0 aliphatic rings. The van der Waals surface area contributed by atoms with Crippen LogP contribution in [0, 0.1) is 0 Å². The van der Waals surface area contributed by atoms with E-state index in [1.807, 2.05) is 4.84 Å². The summed E-state index contributed by atoms with van der Waals surface area (Å²) in [6.07, 6.45) is 1.65. The van der Waals surface area contributed by atoms with Crippen molar-refractivity contribution in [2.75, 3.05) is 27.7 Å². The molecule has 3 nitrogen and oxygen atoms in total. The summed E-state index contributed by atoms with van der Waals surface area (Å²) < 4.78 is 0.899. The van der Waals surface area contributed by atoms with Crippen LogP contribution < -0.4 is 4.84 Å². The van der Waals surface area contributed by atoms with Crippen LogP contribution in [0.15, 0.2) is 12.2 Å². The van der Waals surface area contributed by atoms with Crippen molar-refractivity contribution in [3.63, 3.8) is 0 Å². The molecule has 0 radical (unpaired) electrons. The molecule has 0 saturated heterocycles. The van der Waals surface area contributed by atoms with Crippen molar-refractivity contribution in [3.8, 4) is 0 Å². The molecule has 0 spiro atoms. The van der Waals surface area contributed by atoms with Gasteiger partial charge in [-0.3, -0.25) is 9.63 Å². The molecule has 0 aromatic carbocycles. The van der Waals surface area contributed by atoms with Crippen molar-refractivity contribution < 1.29 is 9.28 Å². The SMILES string of the molecule is C=C(CCC[N+](C)(C)C)C(=O)NCl. The van der Waals surface area contributed by atoms with E-state index in [9.17, 15) is 4.79 Å². The Morgan fingerprint density at radius 3 is 2.38 bits per heavy atom. The van der Waals surface area contributed by atoms with Gasteiger partial charge in [0.2, 0.25) is 0 Å². The van der Waals surface area contributed by atoms with Gasteiger partial charge >= 0.3 is 0 Å². The van der Waals surface area contributed by atoms with Crippen LogP contribution in [0.25, 0.3) is 0 Å². The first-order valence-electron chi connectivity index (χ1n) is 4.26. The predicted octanol–water partition coefficient (Wildman–Crippen LogP) is 1.30. The quantitative estimate of drug-likeness (QED) is 0.409. The van der Waals surface area contributed by atoms with Crippen LogP contribution in [0.1, 0.15) is 12.8 Å². The van der Waals surface area contributed by atoms with Crippen LogP contribution in [0.5, 0.6) is 0 Å². The molecule has 0 saturated carbocycles. The zero-order valence-electron chi connectivity index (χ0n) is 8.56. The topological polar surface area (TPSA) is 29.1 Å². The second-order valence-electron chi connectivity index (χ2n) is 4.14. The van der Waals surface area contributed by atoms with Gasteiger partial charge in [0.15, 0.2) is 0 Å². The molecule has 76 valence electrons. The van der Waals surface area contributed by atoms with E-state index in [0.29, 0.717) is 12.0 Å². The molecular formula is C9H18ClN2O+. The van der Waals surface area contributed by atoms with Crippen LogP contribution in [-0.4, -0.2) is 38.1 Å². The molecule has 0 unspecified atom stereocenters. The first-order chi connectivity index (χ1) is 5.87. The molecule has 1 N–H and O–H groups in total. The molecule has 0 aromatic heterocycles. The molecule has 0 fully saturated rings. The molecule has 0 bridgehead atoms. The zero-order valence-corrected chi connectivity index (χ0v) is 9.32. The van der Waals surface area contributed by atoms with Crippen LogP contribution >= 0.6 is 11.8 Å². The second kappa shape index (κ2) is 5.25. The normalized spacial score (nSPS) is 11.1. The molecule has 4 heteroatoms. The molecule has 0 atom stereocenters. The van der Waals surface area contributed by atoms with Gasteiger partial charge in [0.1, 0.15) is 0 Å². The highest BCUT2D eigenvalue weighted by molar-refractivity contribution is 6.23. The van der Waals surface area contributed by atoms with Gasteiger partial charge < -0.3 is 4.48 Å². The third kappa shape index (κ3) is 6.61. The Bertz CT molecular complexity index is 196. The van der Waals surface area contributed by atoms with E-state index in [4.69, 9.17) is 11.8 Å². The molecule has 0 aliphatic heterocycles. The number of hydrogen-bond donors (Lipinski definition) is 1. The number of rotatable bonds is 5. The third-order valence-electron chi connectivity index (χ3n) is 1.71. The number of carbonyl (C=O) groups is 1. The summed E-state index contributed by atoms with van der Waals surface area (Å²) in [6, 6.07) is 0. The van der Waals surface area contributed by atoms with Crippen LogP contribution in [0.4, 0.5) is 0 Å². The smallest absolute Gasteiger partial charge is 0.260 e. The Balaban J connectivity index is 3.66. The Morgan fingerprint density at radius 2 is 2.00 bits per heavy atom. The fraction of sp³-hybridized carbons (Fsp3) is 0.667. The Hall–Kier alpha value is -0.540. The minimum atomic E-state index is -0.275. The average molecular weight is 206 g/mol. The van der Waals surface area contributed by atoms with Crippen LogP contribution in [0.2, 0.25) is 0 Å². The van der Waals surface area contributed by atoms with Gasteiger partial charge in [0.25, 0.3) is 5.91 Å². The average Bonchev–Trinajstić information content (AvgIpc) is 2.00. The number of nitrogens with one attached hydrogen (secondary N) is 1. The summed E-state index contributed by atoms with van der Waals surface area (Å²) in [5, 5.41) is 0. The summed E-state index contributed by atoms with van der Waals surface area (Å²) in [5.74, 6) is -0.275.